The van der Waals surface area contributed by atoms with Gasteiger partial charge in [0.2, 0.25) is 0 Å². The standard InChI is InChI=1S/C21H14ClN3O3/c22-18-12-5-4-11-17(18)20-24-25-21(28-20)23-19(26)14-7-6-10-16(13-14)27-15-8-2-1-3-9-15/h1-13H,(H,23,25,26). The zero-order valence-corrected chi connectivity index (χ0v) is 15.3. The molecule has 0 atom stereocenters. The molecule has 1 aromatic heterocycles. The molecule has 6 nitrogen and oxygen atoms in total. The number of nitrogens with zero attached hydrogens (tertiary/aromatic N) is 2. The Bertz CT molecular complexity index is 1110. The number of hydrogen-bond donors (Lipinski definition) is 1. The smallest absolute Gasteiger partial charge is 0.322 e. The number of ether oxygens (including phenoxy) is 1. The number of carbonyl (C=O) groups is 1. The van der Waals surface area contributed by atoms with E-state index in [0.717, 1.165) is 0 Å². The fourth-order valence-corrected chi connectivity index (χ4v) is 2.73. The van der Waals surface area contributed by atoms with E-state index in [1.165, 1.54) is 0 Å². The molecule has 0 aliphatic rings. The van der Waals surface area contributed by atoms with E-state index in [2.05, 4.69) is 15.5 Å². The highest BCUT2D eigenvalue weighted by atomic mass is 35.5. The molecule has 0 bridgehead atoms. The van der Waals surface area contributed by atoms with Gasteiger partial charge in [0.25, 0.3) is 11.8 Å². The molecule has 7 heteroatoms. The lowest BCUT2D eigenvalue weighted by molar-refractivity contribution is 0.102. The molecule has 0 fully saturated rings. The number of carbonyl (C=O) groups excluding carboxylic acids is 1. The van der Waals surface area contributed by atoms with E-state index in [9.17, 15) is 4.79 Å². The van der Waals surface area contributed by atoms with Crippen LogP contribution < -0.4 is 10.1 Å². The Kier molecular flexibility index (Phi) is 5.03. The maximum absolute atomic E-state index is 12.5. The maximum atomic E-state index is 12.5. The van der Waals surface area contributed by atoms with Crippen LogP contribution in [0.5, 0.6) is 11.5 Å². The minimum atomic E-state index is -0.395. The summed E-state index contributed by atoms with van der Waals surface area (Å²) < 4.78 is 11.2. The van der Waals surface area contributed by atoms with Crippen LogP contribution in [0.4, 0.5) is 6.01 Å². The first-order valence-corrected chi connectivity index (χ1v) is 8.79. The quantitative estimate of drug-likeness (QED) is 0.490. The number of benzene rings is 3. The van der Waals surface area contributed by atoms with Crippen LogP contribution >= 0.6 is 11.6 Å². The Morgan fingerprint density at radius 2 is 1.64 bits per heavy atom. The summed E-state index contributed by atoms with van der Waals surface area (Å²) in [6.45, 7) is 0. The molecular weight excluding hydrogens is 378 g/mol. The van der Waals surface area contributed by atoms with Crippen molar-refractivity contribution in [2.45, 2.75) is 0 Å². The third-order valence-corrected chi connectivity index (χ3v) is 4.15. The van der Waals surface area contributed by atoms with Crippen LogP contribution in [0.25, 0.3) is 11.5 Å². The molecule has 28 heavy (non-hydrogen) atoms. The lowest BCUT2D eigenvalue weighted by atomic mass is 10.2. The molecule has 0 unspecified atom stereocenters. The first kappa shape index (κ1) is 17.8. The van der Waals surface area contributed by atoms with Crippen molar-refractivity contribution in [3.05, 3.63) is 89.4 Å². The Hall–Kier alpha value is -3.64. The number of nitrogens with one attached hydrogen (secondary N) is 1. The highest BCUT2D eigenvalue weighted by Gasteiger charge is 2.15. The Morgan fingerprint density at radius 1 is 0.893 bits per heavy atom. The molecule has 1 amide bonds. The number of anilines is 1. The van der Waals surface area contributed by atoms with Crippen LogP contribution in [-0.4, -0.2) is 16.1 Å². The Balaban J connectivity index is 1.49. The zero-order valence-electron chi connectivity index (χ0n) is 14.5. The number of halogens is 1. The second kappa shape index (κ2) is 7.94. The molecule has 0 radical (unpaired) electrons. The van der Waals surface area contributed by atoms with E-state index in [-0.39, 0.29) is 11.9 Å². The van der Waals surface area contributed by atoms with Gasteiger partial charge < -0.3 is 9.15 Å². The molecule has 4 rings (SSSR count). The molecule has 0 aliphatic heterocycles. The second-order valence-corrected chi connectivity index (χ2v) is 6.20. The van der Waals surface area contributed by atoms with Crippen LogP contribution in [0.15, 0.2) is 83.3 Å². The van der Waals surface area contributed by atoms with Crippen LogP contribution in [0.1, 0.15) is 10.4 Å². The fourth-order valence-electron chi connectivity index (χ4n) is 2.51. The lowest BCUT2D eigenvalue weighted by Crippen LogP contribution is -2.12. The van der Waals surface area contributed by atoms with Gasteiger partial charge in [0, 0.05) is 5.56 Å². The number of rotatable bonds is 5. The SMILES string of the molecule is O=C(Nc1nnc(-c2ccccc2Cl)o1)c1cccc(Oc2ccccc2)c1. The summed E-state index contributed by atoms with van der Waals surface area (Å²) in [7, 11) is 0. The van der Waals surface area contributed by atoms with Gasteiger partial charge in [0.05, 0.1) is 10.6 Å². The van der Waals surface area contributed by atoms with Crippen LogP contribution in [-0.2, 0) is 0 Å². The highest BCUT2D eigenvalue weighted by molar-refractivity contribution is 6.33. The van der Waals surface area contributed by atoms with Gasteiger partial charge in [0.15, 0.2) is 0 Å². The van der Waals surface area contributed by atoms with E-state index in [1.807, 2.05) is 36.4 Å². The minimum Gasteiger partial charge on any atom is -0.457 e. The van der Waals surface area contributed by atoms with Crippen LogP contribution in [0.2, 0.25) is 5.02 Å². The fraction of sp³-hybridized carbons (Fsp3) is 0. The highest BCUT2D eigenvalue weighted by Crippen LogP contribution is 2.27. The predicted molar refractivity (Wildman–Crippen MR) is 106 cm³/mol. The van der Waals surface area contributed by atoms with E-state index >= 15 is 0 Å². The van der Waals surface area contributed by atoms with E-state index < -0.39 is 5.91 Å². The summed E-state index contributed by atoms with van der Waals surface area (Å²) in [4.78, 5) is 12.5. The van der Waals surface area contributed by atoms with Crippen molar-refractivity contribution in [3.8, 4) is 23.0 Å². The number of hydrogen-bond acceptors (Lipinski definition) is 5. The summed E-state index contributed by atoms with van der Waals surface area (Å²) in [6, 6.07) is 23.2. The number of para-hydroxylation sites is 1. The lowest BCUT2D eigenvalue weighted by Gasteiger charge is -2.07. The summed E-state index contributed by atoms with van der Waals surface area (Å²) in [5, 5.41) is 10.8. The molecule has 1 N–H and O–H groups in total. The van der Waals surface area contributed by atoms with Gasteiger partial charge >= 0.3 is 6.01 Å². The van der Waals surface area contributed by atoms with Gasteiger partial charge in [-0.1, -0.05) is 53.1 Å². The molecule has 1 heterocycles. The third-order valence-electron chi connectivity index (χ3n) is 3.82. The van der Waals surface area contributed by atoms with Crippen molar-refractivity contribution in [2.75, 3.05) is 5.32 Å². The molecule has 0 saturated carbocycles. The van der Waals surface area contributed by atoms with Gasteiger partial charge in [-0.05, 0) is 42.5 Å². The predicted octanol–water partition coefficient (Wildman–Crippen LogP) is 5.43. The summed E-state index contributed by atoms with van der Waals surface area (Å²) >= 11 is 6.12. The van der Waals surface area contributed by atoms with Gasteiger partial charge in [-0.25, -0.2) is 0 Å². The van der Waals surface area contributed by atoms with Gasteiger partial charge in [-0.15, -0.1) is 5.10 Å². The number of amides is 1. The second-order valence-electron chi connectivity index (χ2n) is 5.79. The van der Waals surface area contributed by atoms with Crippen molar-refractivity contribution in [1.82, 2.24) is 10.2 Å². The molecule has 0 aliphatic carbocycles. The van der Waals surface area contributed by atoms with E-state index in [4.69, 9.17) is 20.8 Å². The van der Waals surface area contributed by atoms with E-state index in [1.54, 1.807) is 42.5 Å². The Morgan fingerprint density at radius 3 is 2.46 bits per heavy atom. The average molecular weight is 392 g/mol. The summed E-state index contributed by atoms with van der Waals surface area (Å²) in [6.07, 6.45) is 0. The first-order valence-electron chi connectivity index (χ1n) is 8.42. The number of aromatic nitrogens is 2. The molecule has 3 aromatic carbocycles. The largest absolute Gasteiger partial charge is 0.457 e. The molecule has 0 spiro atoms. The summed E-state index contributed by atoms with van der Waals surface area (Å²) in [5.41, 5.74) is 0.987. The van der Waals surface area contributed by atoms with Crippen molar-refractivity contribution in [1.29, 1.82) is 0 Å². The zero-order chi connectivity index (χ0) is 19.3. The monoisotopic (exact) mass is 391 g/mol. The molecular formula is C21H14ClN3O3. The normalized spacial score (nSPS) is 10.5. The van der Waals surface area contributed by atoms with Crippen molar-refractivity contribution >= 4 is 23.5 Å². The minimum absolute atomic E-state index is 0.0192. The van der Waals surface area contributed by atoms with Crippen molar-refractivity contribution in [3.63, 3.8) is 0 Å². The molecule has 0 saturated heterocycles. The summed E-state index contributed by atoms with van der Waals surface area (Å²) in [5.74, 6) is 1.05. The van der Waals surface area contributed by atoms with Gasteiger partial charge in [0.1, 0.15) is 11.5 Å². The Labute approximate surface area is 165 Å². The van der Waals surface area contributed by atoms with Crippen LogP contribution in [0, 0.1) is 0 Å². The van der Waals surface area contributed by atoms with Gasteiger partial charge in [-0.2, -0.15) is 0 Å². The van der Waals surface area contributed by atoms with Gasteiger partial charge in [-0.3, -0.25) is 10.1 Å². The average Bonchev–Trinajstić information content (AvgIpc) is 3.17. The molecule has 138 valence electrons. The first-order chi connectivity index (χ1) is 13.7. The topological polar surface area (TPSA) is 77.3 Å². The van der Waals surface area contributed by atoms with E-state index in [0.29, 0.717) is 27.6 Å². The van der Waals surface area contributed by atoms with Crippen molar-refractivity contribution < 1.29 is 13.9 Å². The van der Waals surface area contributed by atoms with Crippen molar-refractivity contribution in [2.24, 2.45) is 0 Å². The third kappa shape index (κ3) is 4.02. The molecule has 4 aromatic rings. The van der Waals surface area contributed by atoms with Crippen LogP contribution in [0.3, 0.4) is 0 Å². The maximum Gasteiger partial charge on any atom is 0.322 e.